The van der Waals surface area contributed by atoms with Crippen molar-refractivity contribution in [2.75, 3.05) is 12.8 Å². The third kappa shape index (κ3) is 4.48. The Morgan fingerprint density at radius 2 is 1.71 bits per heavy atom. The molecule has 112 valence electrons. The predicted octanol–water partition coefficient (Wildman–Crippen LogP) is 3.40. The summed E-state index contributed by atoms with van der Waals surface area (Å²) in [4.78, 5) is 2.29. The molecule has 0 unspecified atom stereocenters. The van der Waals surface area contributed by atoms with Crippen LogP contribution in [0.2, 0.25) is 5.02 Å². The molecule has 6 heteroatoms. The molecule has 2 rings (SSSR count). The van der Waals surface area contributed by atoms with E-state index in [-0.39, 0.29) is 0 Å². The molecule has 21 heavy (non-hydrogen) atoms. The second-order valence-corrected chi connectivity index (χ2v) is 8.21. The Morgan fingerprint density at radius 1 is 1.10 bits per heavy atom. The van der Waals surface area contributed by atoms with Crippen molar-refractivity contribution in [2.24, 2.45) is 5.73 Å². The third-order valence-electron chi connectivity index (χ3n) is 2.93. The maximum atomic E-state index is 11.4. The van der Waals surface area contributed by atoms with E-state index in [4.69, 9.17) is 17.3 Å². The van der Waals surface area contributed by atoms with Crippen LogP contribution >= 0.6 is 23.4 Å². The SMILES string of the molecule is CS(=O)(=O)c1ccc(Sc2ccc(CCN)c(Cl)c2)cc1. The molecule has 0 saturated heterocycles. The van der Waals surface area contributed by atoms with E-state index in [0.717, 1.165) is 21.8 Å². The highest BCUT2D eigenvalue weighted by Gasteiger charge is 2.07. The zero-order chi connectivity index (χ0) is 15.5. The van der Waals surface area contributed by atoms with Gasteiger partial charge in [0.25, 0.3) is 0 Å². The number of nitrogens with two attached hydrogens (primary N) is 1. The molecule has 0 bridgehead atoms. The summed E-state index contributed by atoms with van der Waals surface area (Å²) >= 11 is 7.75. The first kappa shape index (κ1) is 16.4. The molecule has 3 nitrogen and oxygen atoms in total. The van der Waals surface area contributed by atoms with Gasteiger partial charge in [0.05, 0.1) is 4.90 Å². The van der Waals surface area contributed by atoms with Crippen LogP contribution in [0.4, 0.5) is 0 Å². The van der Waals surface area contributed by atoms with Gasteiger partial charge in [-0.2, -0.15) is 0 Å². The van der Waals surface area contributed by atoms with Crippen LogP contribution in [-0.2, 0) is 16.3 Å². The second kappa shape index (κ2) is 6.83. The average Bonchev–Trinajstić information content (AvgIpc) is 2.42. The van der Waals surface area contributed by atoms with E-state index in [1.165, 1.54) is 18.0 Å². The van der Waals surface area contributed by atoms with E-state index in [9.17, 15) is 8.42 Å². The average molecular weight is 342 g/mol. The van der Waals surface area contributed by atoms with Crippen molar-refractivity contribution in [3.05, 3.63) is 53.1 Å². The molecule has 0 fully saturated rings. The Bertz CT molecular complexity index is 728. The van der Waals surface area contributed by atoms with Crippen molar-refractivity contribution in [3.8, 4) is 0 Å². The summed E-state index contributed by atoms with van der Waals surface area (Å²) in [6.07, 6.45) is 1.96. The molecule has 0 spiro atoms. The Hall–Kier alpha value is -1.01. The minimum absolute atomic E-state index is 0.322. The van der Waals surface area contributed by atoms with E-state index in [2.05, 4.69) is 0 Å². The van der Waals surface area contributed by atoms with Crippen LogP contribution in [0.25, 0.3) is 0 Å². The van der Waals surface area contributed by atoms with E-state index in [1.54, 1.807) is 24.3 Å². The highest BCUT2D eigenvalue weighted by molar-refractivity contribution is 7.99. The molecule has 0 aromatic heterocycles. The fourth-order valence-corrected chi connectivity index (χ4v) is 3.67. The highest BCUT2D eigenvalue weighted by atomic mass is 35.5. The van der Waals surface area contributed by atoms with Gasteiger partial charge in [0, 0.05) is 21.1 Å². The van der Waals surface area contributed by atoms with Crippen molar-refractivity contribution in [2.45, 2.75) is 21.1 Å². The minimum atomic E-state index is -3.15. The smallest absolute Gasteiger partial charge is 0.175 e. The Kier molecular flexibility index (Phi) is 5.32. The topological polar surface area (TPSA) is 60.2 Å². The van der Waals surface area contributed by atoms with E-state index in [0.29, 0.717) is 16.5 Å². The monoisotopic (exact) mass is 341 g/mol. The molecule has 0 aliphatic rings. The van der Waals surface area contributed by atoms with Crippen molar-refractivity contribution in [1.29, 1.82) is 0 Å². The zero-order valence-corrected chi connectivity index (χ0v) is 13.9. The van der Waals surface area contributed by atoms with Gasteiger partial charge in [0.15, 0.2) is 9.84 Å². The first-order valence-corrected chi connectivity index (χ1v) is 9.45. The molecular weight excluding hydrogens is 326 g/mol. The van der Waals surface area contributed by atoms with Crippen LogP contribution in [0.5, 0.6) is 0 Å². The largest absolute Gasteiger partial charge is 0.330 e. The summed E-state index contributed by atoms with van der Waals surface area (Å²) in [5, 5.41) is 0.707. The first-order chi connectivity index (χ1) is 9.90. The van der Waals surface area contributed by atoms with E-state index >= 15 is 0 Å². The molecule has 0 aliphatic carbocycles. The van der Waals surface area contributed by atoms with Gasteiger partial charge < -0.3 is 5.73 Å². The number of benzene rings is 2. The molecule has 2 aromatic rings. The molecular formula is C15H16ClNO2S2. The van der Waals surface area contributed by atoms with Crippen molar-refractivity contribution >= 4 is 33.2 Å². The van der Waals surface area contributed by atoms with Crippen LogP contribution < -0.4 is 5.73 Å². The van der Waals surface area contributed by atoms with Gasteiger partial charge in [0.2, 0.25) is 0 Å². The summed E-state index contributed by atoms with van der Waals surface area (Å²) in [6, 6.07) is 12.7. The quantitative estimate of drug-likeness (QED) is 0.905. The summed E-state index contributed by atoms with van der Waals surface area (Å²) in [6.45, 7) is 0.569. The standard InChI is InChI=1S/C15H16ClNO2S2/c1-21(18,19)14-6-4-12(5-7-14)20-13-3-2-11(8-9-17)15(16)10-13/h2-7,10H,8-9,17H2,1H3. The fourth-order valence-electron chi connectivity index (χ4n) is 1.84. The fraction of sp³-hybridized carbons (Fsp3) is 0.200. The predicted molar refractivity (Wildman–Crippen MR) is 87.9 cm³/mol. The Morgan fingerprint density at radius 3 is 2.24 bits per heavy atom. The molecule has 0 amide bonds. The van der Waals surface area contributed by atoms with Crippen molar-refractivity contribution in [1.82, 2.24) is 0 Å². The number of sulfone groups is 1. The maximum Gasteiger partial charge on any atom is 0.175 e. The van der Waals surface area contributed by atoms with Gasteiger partial charge in [-0.1, -0.05) is 29.4 Å². The molecule has 2 aromatic carbocycles. The normalized spacial score (nSPS) is 11.6. The van der Waals surface area contributed by atoms with Gasteiger partial charge in [0.1, 0.15) is 0 Å². The zero-order valence-electron chi connectivity index (χ0n) is 11.5. The van der Waals surface area contributed by atoms with Gasteiger partial charge in [-0.25, -0.2) is 8.42 Å². The van der Waals surface area contributed by atoms with Gasteiger partial charge >= 0.3 is 0 Å². The third-order valence-corrected chi connectivity index (χ3v) is 5.40. The van der Waals surface area contributed by atoms with Crippen LogP contribution in [0.1, 0.15) is 5.56 Å². The Balaban J connectivity index is 2.17. The molecule has 2 N–H and O–H groups in total. The lowest BCUT2D eigenvalue weighted by Gasteiger charge is -2.07. The number of hydrogen-bond donors (Lipinski definition) is 1. The van der Waals surface area contributed by atoms with Crippen LogP contribution in [0.15, 0.2) is 57.2 Å². The molecule has 0 aliphatic heterocycles. The van der Waals surface area contributed by atoms with E-state index < -0.39 is 9.84 Å². The van der Waals surface area contributed by atoms with Gasteiger partial charge in [-0.05, 0) is 54.9 Å². The summed E-state index contributed by atoms with van der Waals surface area (Å²) < 4.78 is 22.8. The van der Waals surface area contributed by atoms with Crippen LogP contribution in [-0.4, -0.2) is 21.2 Å². The lowest BCUT2D eigenvalue weighted by molar-refractivity contribution is 0.602. The van der Waals surface area contributed by atoms with Gasteiger partial charge in [-0.3, -0.25) is 0 Å². The van der Waals surface area contributed by atoms with Crippen LogP contribution in [0, 0.1) is 0 Å². The number of halogens is 1. The number of rotatable bonds is 5. The lowest BCUT2D eigenvalue weighted by Crippen LogP contribution is -2.02. The van der Waals surface area contributed by atoms with Crippen molar-refractivity contribution in [3.63, 3.8) is 0 Å². The summed E-state index contributed by atoms with van der Waals surface area (Å²) in [5.74, 6) is 0. The maximum absolute atomic E-state index is 11.4. The van der Waals surface area contributed by atoms with E-state index in [1.807, 2.05) is 18.2 Å². The number of hydrogen-bond acceptors (Lipinski definition) is 4. The van der Waals surface area contributed by atoms with Crippen molar-refractivity contribution < 1.29 is 8.42 Å². The highest BCUT2D eigenvalue weighted by Crippen LogP contribution is 2.31. The molecule has 0 atom stereocenters. The molecule has 0 saturated carbocycles. The Labute approximate surface area is 134 Å². The second-order valence-electron chi connectivity index (χ2n) is 4.64. The molecule has 0 heterocycles. The first-order valence-electron chi connectivity index (χ1n) is 6.36. The lowest BCUT2D eigenvalue weighted by atomic mass is 10.1. The summed E-state index contributed by atoms with van der Waals surface area (Å²) in [5.41, 5.74) is 6.57. The summed E-state index contributed by atoms with van der Waals surface area (Å²) in [7, 11) is -3.15. The molecule has 0 radical (unpaired) electrons. The van der Waals surface area contributed by atoms with Gasteiger partial charge in [-0.15, -0.1) is 0 Å². The minimum Gasteiger partial charge on any atom is -0.330 e. The van der Waals surface area contributed by atoms with Crippen LogP contribution in [0.3, 0.4) is 0 Å².